The highest BCUT2D eigenvalue weighted by Crippen LogP contribution is 2.29. The van der Waals surface area contributed by atoms with Crippen molar-refractivity contribution < 1.29 is 9.53 Å². The molecular weight excluding hydrogens is 320 g/mol. The molecule has 2 aromatic heterocycles. The van der Waals surface area contributed by atoms with Crippen molar-refractivity contribution in [2.75, 3.05) is 7.11 Å². The number of rotatable bonds is 5. The van der Waals surface area contributed by atoms with Crippen LogP contribution in [0.1, 0.15) is 17.4 Å². The van der Waals surface area contributed by atoms with Gasteiger partial charge in [0.2, 0.25) is 0 Å². The number of aromatic nitrogens is 2. The molecular formula is C15H18N2O3S2. The quantitative estimate of drug-likeness (QED) is 0.363. The fourth-order valence-corrected chi connectivity index (χ4v) is 4.08. The van der Waals surface area contributed by atoms with Gasteiger partial charge in [0.05, 0.1) is 12.5 Å². The molecule has 2 heterocycles. The molecule has 2 rings (SSSR count). The number of fused-ring (bicyclic) bond motifs is 1. The van der Waals surface area contributed by atoms with E-state index < -0.39 is 5.25 Å². The summed E-state index contributed by atoms with van der Waals surface area (Å²) in [6, 6.07) is 0. The van der Waals surface area contributed by atoms with E-state index >= 15 is 0 Å². The molecule has 22 heavy (non-hydrogen) atoms. The van der Waals surface area contributed by atoms with Gasteiger partial charge in [0.1, 0.15) is 10.1 Å². The monoisotopic (exact) mass is 338 g/mol. The maximum Gasteiger partial charge on any atom is 0.318 e. The molecule has 0 aliphatic carbocycles. The molecule has 2 aromatic rings. The van der Waals surface area contributed by atoms with Crippen molar-refractivity contribution in [2.24, 2.45) is 0 Å². The number of methoxy groups -OCH3 is 1. The first-order valence-corrected chi connectivity index (χ1v) is 8.46. The van der Waals surface area contributed by atoms with Crippen LogP contribution in [0.2, 0.25) is 0 Å². The van der Waals surface area contributed by atoms with Crippen LogP contribution in [-0.4, -0.2) is 27.9 Å². The number of aryl methyl sites for hydroxylation is 2. The van der Waals surface area contributed by atoms with Gasteiger partial charge in [-0.15, -0.1) is 17.9 Å². The molecule has 0 amide bonds. The van der Waals surface area contributed by atoms with E-state index in [4.69, 9.17) is 4.74 Å². The summed E-state index contributed by atoms with van der Waals surface area (Å²) in [4.78, 5) is 30.7. The van der Waals surface area contributed by atoms with Crippen molar-refractivity contribution in [3.8, 4) is 0 Å². The van der Waals surface area contributed by atoms with E-state index in [-0.39, 0.29) is 11.5 Å². The molecule has 1 atom stereocenters. The second-order valence-corrected chi connectivity index (χ2v) is 7.36. The summed E-state index contributed by atoms with van der Waals surface area (Å²) in [6.07, 6.45) is 1.65. The minimum atomic E-state index is -0.437. The lowest BCUT2D eigenvalue weighted by Crippen LogP contribution is -2.24. The topological polar surface area (TPSA) is 61.2 Å². The molecule has 7 heteroatoms. The number of nitrogens with zero attached hydrogens (tertiary/aromatic N) is 2. The Labute approximate surface area is 137 Å². The zero-order valence-corrected chi connectivity index (χ0v) is 14.6. The largest absolute Gasteiger partial charge is 0.468 e. The van der Waals surface area contributed by atoms with Crippen LogP contribution in [0.5, 0.6) is 0 Å². The standard InChI is InChI=1S/C15H18N2O3S2/c1-6-7-17-13(18)11-8(2)9(3)21-12(11)16-15(17)22-10(4)14(19)20-5/h6,10H,1,7H2,2-5H3/t10-/m0/s1. The Kier molecular flexibility index (Phi) is 5.08. The third-order valence-corrected chi connectivity index (χ3v) is 5.55. The van der Waals surface area contributed by atoms with Gasteiger partial charge in [0.15, 0.2) is 5.16 Å². The number of hydrogen-bond acceptors (Lipinski definition) is 6. The van der Waals surface area contributed by atoms with Gasteiger partial charge in [-0.05, 0) is 26.3 Å². The second kappa shape index (κ2) is 6.66. The maximum absolute atomic E-state index is 12.7. The van der Waals surface area contributed by atoms with E-state index in [9.17, 15) is 9.59 Å². The smallest absolute Gasteiger partial charge is 0.318 e. The Morgan fingerprint density at radius 1 is 1.55 bits per heavy atom. The molecule has 0 spiro atoms. The summed E-state index contributed by atoms with van der Waals surface area (Å²) in [5.74, 6) is -0.344. The number of hydrogen-bond donors (Lipinski definition) is 0. The van der Waals surface area contributed by atoms with Gasteiger partial charge in [-0.3, -0.25) is 14.2 Å². The molecule has 0 aliphatic heterocycles. The second-order valence-electron chi connectivity index (χ2n) is 4.85. The summed E-state index contributed by atoms with van der Waals surface area (Å²) in [7, 11) is 1.35. The molecule has 0 saturated carbocycles. The highest BCUT2D eigenvalue weighted by molar-refractivity contribution is 8.00. The molecule has 0 aromatic carbocycles. The van der Waals surface area contributed by atoms with Crippen LogP contribution in [-0.2, 0) is 16.1 Å². The van der Waals surface area contributed by atoms with E-state index in [1.807, 2.05) is 13.8 Å². The SMILES string of the molecule is C=CCn1c(S[C@@H](C)C(=O)OC)nc2sc(C)c(C)c2c1=O. The Hall–Kier alpha value is -1.60. The predicted molar refractivity (Wildman–Crippen MR) is 90.9 cm³/mol. The predicted octanol–water partition coefficient (Wildman–Crippen LogP) is 2.91. The van der Waals surface area contributed by atoms with Gasteiger partial charge in [-0.25, -0.2) is 4.98 Å². The van der Waals surface area contributed by atoms with Crippen LogP contribution in [0.15, 0.2) is 22.6 Å². The number of esters is 1. The van der Waals surface area contributed by atoms with E-state index in [1.165, 1.54) is 30.2 Å². The Bertz CT molecular complexity index is 792. The minimum absolute atomic E-state index is 0.0914. The zero-order chi connectivity index (χ0) is 16.4. The molecule has 0 bridgehead atoms. The van der Waals surface area contributed by atoms with Crippen molar-refractivity contribution in [3.63, 3.8) is 0 Å². The van der Waals surface area contributed by atoms with Gasteiger partial charge in [0.25, 0.3) is 5.56 Å². The average molecular weight is 338 g/mol. The van der Waals surface area contributed by atoms with Gasteiger partial charge in [0, 0.05) is 11.4 Å². The van der Waals surface area contributed by atoms with Crippen LogP contribution in [0.25, 0.3) is 10.2 Å². The van der Waals surface area contributed by atoms with Crippen LogP contribution in [0.4, 0.5) is 0 Å². The Balaban J connectivity index is 2.62. The first kappa shape index (κ1) is 16.8. The molecule has 0 unspecified atom stereocenters. The van der Waals surface area contributed by atoms with Crippen LogP contribution in [0, 0.1) is 13.8 Å². The van der Waals surface area contributed by atoms with Gasteiger partial charge in [-0.2, -0.15) is 0 Å². The van der Waals surface area contributed by atoms with Gasteiger partial charge in [-0.1, -0.05) is 17.8 Å². The van der Waals surface area contributed by atoms with Crippen molar-refractivity contribution in [1.29, 1.82) is 0 Å². The minimum Gasteiger partial charge on any atom is -0.468 e. The fourth-order valence-electron chi connectivity index (χ4n) is 2.06. The third kappa shape index (κ3) is 2.96. The number of thiophene rings is 1. The molecule has 0 N–H and O–H groups in total. The molecule has 5 nitrogen and oxygen atoms in total. The van der Waals surface area contributed by atoms with E-state index in [2.05, 4.69) is 11.6 Å². The molecule has 0 fully saturated rings. The first-order valence-electron chi connectivity index (χ1n) is 6.76. The number of carbonyl (C=O) groups is 1. The van der Waals surface area contributed by atoms with Crippen LogP contribution < -0.4 is 5.56 Å². The fraction of sp³-hybridized carbons (Fsp3) is 0.400. The van der Waals surface area contributed by atoms with E-state index in [0.29, 0.717) is 21.9 Å². The third-order valence-electron chi connectivity index (χ3n) is 3.38. The number of ether oxygens (including phenoxy) is 1. The van der Waals surface area contributed by atoms with Gasteiger partial charge >= 0.3 is 5.97 Å². The lowest BCUT2D eigenvalue weighted by molar-refractivity contribution is -0.139. The summed E-state index contributed by atoms with van der Waals surface area (Å²) in [6.45, 7) is 9.68. The maximum atomic E-state index is 12.7. The zero-order valence-electron chi connectivity index (χ0n) is 13.0. The van der Waals surface area contributed by atoms with Crippen molar-refractivity contribution in [3.05, 3.63) is 33.4 Å². The average Bonchev–Trinajstić information content (AvgIpc) is 2.77. The van der Waals surface area contributed by atoms with Crippen LogP contribution >= 0.6 is 23.1 Å². The number of thioether (sulfide) groups is 1. The highest BCUT2D eigenvalue weighted by Gasteiger charge is 2.21. The van der Waals surface area contributed by atoms with Crippen molar-refractivity contribution in [1.82, 2.24) is 9.55 Å². The lowest BCUT2D eigenvalue weighted by Gasteiger charge is -2.13. The Morgan fingerprint density at radius 2 is 2.23 bits per heavy atom. The highest BCUT2D eigenvalue weighted by atomic mass is 32.2. The molecule has 0 saturated heterocycles. The Morgan fingerprint density at radius 3 is 2.82 bits per heavy atom. The summed E-state index contributed by atoms with van der Waals surface area (Å²) in [5.41, 5.74) is 0.874. The normalized spacial score (nSPS) is 12.4. The first-order chi connectivity index (χ1) is 10.4. The summed E-state index contributed by atoms with van der Waals surface area (Å²) >= 11 is 2.72. The van der Waals surface area contributed by atoms with Crippen molar-refractivity contribution in [2.45, 2.75) is 37.7 Å². The van der Waals surface area contributed by atoms with E-state index in [1.54, 1.807) is 17.6 Å². The molecule has 0 aliphatic rings. The lowest BCUT2D eigenvalue weighted by atomic mass is 10.2. The summed E-state index contributed by atoms with van der Waals surface area (Å²) < 4.78 is 6.29. The van der Waals surface area contributed by atoms with Gasteiger partial charge < -0.3 is 4.74 Å². The molecule has 0 radical (unpaired) electrons. The van der Waals surface area contributed by atoms with Crippen molar-refractivity contribution >= 4 is 39.3 Å². The summed E-state index contributed by atoms with van der Waals surface area (Å²) in [5, 5.41) is 0.726. The number of allylic oxidation sites excluding steroid dienone is 1. The van der Waals surface area contributed by atoms with E-state index in [0.717, 1.165) is 10.4 Å². The number of carbonyl (C=O) groups excluding carboxylic acids is 1. The molecule has 118 valence electrons. The van der Waals surface area contributed by atoms with Crippen LogP contribution in [0.3, 0.4) is 0 Å².